The smallest absolute Gasteiger partial charge is 0.335 e. The topological polar surface area (TPSA) is 98.2 Å². The van der Waals surface area contributed by atoms with Crippen LogP contribution in [0.25, 0.3) is 5.69 Å². The van der Waals surface area contributed by atoms with Crippen LogP contribution in [0.1, 0.15) is 51.3 Å². The highest BCUT2D eigenvalue weighted by molar-refractivity contribution is 6.11. The summed E-state index contributed by atoms with van der Waals surface area (Å²) in [7, 11) is 0. The molecule has 0 bridgehead atoms. The Balaban J connectivity index is 0.00000126. The van der Waals surface area contributed by atoms with E-state index in [0.717, 1.165) is 11.1 Å². The Bertz CT molecular complexity index is 990. The standard InChI is InChI=1S/C19H17N3O3.C2H6/c1-11-4-3-5-13(8-11)17(23)15-10-21-22(18(15)20)16-9-14(19(24)25)7-6-12(16)2;1-2/h3-10H,20H2,1-2H3,(H,24,25);1-2H3. The van der Waals surface area contributed by atoms with Gasteiger partial charge in [-0.1, -0.05) is 43.7 Å². The van der Waals surface area contributed by atoms with Gasteiger partial charge in [-0.05, 0) is 37.6 Å². The molecule has 0 aliphatic carbocycles. The molecule has 0 unspecified atom stereocenters. The minimum atomic E-state index is -1.04. The summed E-state index contributed by atoms with van der Waals surface area (Å²) in [5, 5.41) is 13.4. The number of hydrogen-bond donors (Lipinski definition) is 2. The molecular weight excluding hydrogens is 342 g/mol. The monoisotopic (exact) mass is 365 g/mol. The molecule has 0 saturated carbocycles. The maximum atomic E-state index is 12.7. The van der Waals surface area contributed by atoms with Crippen LogP contribution in [0.15, 0.2) is 48.7 Å². The average Bonchev–Trinajstić information content (AvgIpc) is 3.04. The summed E-state index contributed by atoms with van der Waals surface area (Å²) in [6.45, 7) is 7.73. The van der Waals surface area contributed by atoms with E-state index in [1.54, 1.807) is 18.2 Å². The molecule has 6 nitrogen and oxygen atoms in total. The van der Waals surface area contributed by atoms with Gasteiger partial charge in [0, 0.05) is 5.56 Å². The molecule has 0 saturated heterocycles. The van der Waals surface area contributed by atoms with Crippen molar-refractivity contribution in [1.82, 2.24) is 9.78 Å². The van der Waals surface area contributed by atoms with Crippen LogP contribution in [-0.2, 0) is 0 Å². The van der Waals surface area contributed by atoms with E-state index in [0.29, 0.717) is 11.3 Å². The van der Waals surface area contributed by atoms with Gasteiger partial charge in [-0.2, -0.15) is 5.10 Å². The second-order valence-corrected chi connectivity index (χ2v) is 5.86. The molecule has 0 radical (unpaired) electrons. The maximum absolute atomic E-state index is 12.7. The maximum Gasteiger partial charge on any atom is 0.335 e. The molecule has 3 rings (SSSR count). The van der Waals surface area contributed by atoms with E-state index in [4.69, 9.17) is 10.8 Å². The molecule has 0 fully saturated rings. The number of aromatic carboxylic acids is 1. The van der Waals surface area contributed by atoms with Gasteiger partial charge in [0.15, 0.2) is 5.78 Å². The van der Waals surface area contributed by atoms with Crippen LogP contribution in [0.5, 0.6) is 0 Å². The quantitative estimate of drug-likeness (QED) is 0.680. The van der Waals surface area contributed by atoms with Crippen LogP contribution < -0.4 is 5.73 Å². The van der Waals surface area contributed by atoms with Crippen molar-refractivity contribution in [3.8, 4) is 5.69 Å². The Labute approximate surface area is 158 Å². The molecule has 3 N–H and O–H groups in total. The van der Waals surface area contributed by atoms with Crippen molar-refractivity contribution in [3.05, 3.63) is 76.5 Å². The van der Waals surface area contributed by atoms with Crippen molar-refractivity contribution in [2.45, 2.75) is 27.7 Å². The predicted molar refractivity (Wildman–Crippen MR) is 106 cm³/mol. The fourth-order valence-electron chi connectivity index (χ4n) is 2.64. The number of hydrogen-bond acceptors (Lipinski definition) is 4. The largest absolute Gasteiger partial charge is 0.478 e. The van der Waals surface area contributed by atoms with Gasteiger partial charge in [0.05, 0.1) is 23.0 Å². The van der Waals surface area contributed by atoms with Gasteiger partial charge in [-0.25, -0.2) is 9.48 Å². The Kier molecular flexibility index (Phi) is 6.13. The Hall–Kier alpha value is -3.41. The number of nitrogens with two attached hydrogens (primary N) is 1. The number of rotatable bonds is 4. The highest BCUT2D eigenvalue weighted by Crippen LogP contribution is 2.23. The Morgan fingerprint density at radius 1 is 1.04 bits per heavy atom. The summed E-state index contributed by atoms with van der Waals surface area (Å²) in [4.78, 5) is 23.9. The number of carboxylic acid groups (broad SMARTS) is 1. The van der Waals surface area contributed by atoms with E-state index in [2.05, 4.69) is 5.10 Å². The van der Waals surface area contributed by atoms with Crippen LogP contribution in [0, 0.1) is 13.8 Å². The zero-order valence-electron chi connectivity index (χ0n) is 15.9. The first-order valence-corrected chi connectivity index (χ1v) is 8.67. The van der Waals surface area contributed by atoms with E-state index in [1.165, 1.54) is 23.0 Å². The molecule has 0 amide bonds. The van der Waals surface area contributed by atoms with Crippen LogP contribution in [0.4, 0.5) is 5.82 Å². The summed E-state index contributed by atoms with van der Waals surface area (Å²) in [6, 6.07) is 11.9. The van der Waals surface area contributed by atoms with Gasteiger partial charge < -0.3 is 10.8 Å². The molecule has 2 aromatic carbocycles. The molecule has 0 aliphatic heterocycles. The van der Waals surface area contributed by atoms with Crippen LogP contribution >= 0.6 is 0 Å². The van der Waals surface area contributed by atoms with E-state index < -0.39 is 5.97 Å². The Morgan fingerprint density at radius 2 is 1.74 bits per heavy atom. The number of aryl methyl sites for hydroxylation is 2. The van der Waals surface area contributed by atoms with Crippen molar-refractivity contribution in [2.24, 2.45) is 0 Å². The Morgan fingerprint density at radius 3 is 2.37 bits per heavy atom. The molecular formula is C21H23N3O3. The van der Waals surface area contributed by atoms with Gasteiger partial charge in [-0.15, -0.1) is 0 Å². The van der Waals surface area contributed by atoms with Gasteiger partial charge in [0.25, 0.3) is 0 Å². The number of ketones is 1. The highest BCUT2D eigenvalue weighted by Gasteiger charge is 2.19. The number of carbonyl (C=O) groups excluding carboxylic acids is 1. The number of aromatic nitrogens is 2. The predicted octanol–water partition coefficient (Wildman–Crippen LogP) is 4.03. The summed E-state index contributed by atoms with van der Waals surface area (Å²) < 4.78 is 1.39. The lowest BCUT2D eigenvalue weighted by Gasteiger charge is -2.09. The van der Waals surface area contributed by atoms with Crippen LogP contribution in [0.3, 0.4) is 0 Å². The van der Waals surface area contributed by atoms with Gasteiger partial charge in [0.1, 0.15) is 5.82 Å². The first-order chi connectivity index (χ1) is 12.9. The molecule has 0 atom stereocenters. The number of nitrogen functional groups attached to an aromatic ring is 1. The minimum Gasteiger partial charge on any atom is -0.478 e. The second-order valence-electron chi connectivity index (χ2n) is 5.86. The normalized spacial score (nSPS) is 10.1. The molecule has 140 valence electrons. The molecule has 0 spiro atoms. The summed E-state index contributed by atoms with van der Waals surface area (Å²) >= 11 is 0. The highest BCUT2D eigenvalue weighted by atomic mass is 16.4. The lowest BCUT2D eigenvalue weighted by atomic mass is 10.0. The lowest BCUT2D eigenvalue weighted by molar-refractivity contribution is 0.0696. The molecule has 0 aliphatic rings. The summed E-state index contributed by atoms with van der Waals surface area (Å²) in [5.74, 6) is -1.08. The van der Waals surface area contributed by atoms with Crippen molar-refractivity contribution < 1.29 is 14.7 Å². The first kappa shape index (κ1) is 19.9. The lowest BCUT2D eigenvalue weighted by Crippen LogP contribution is -2.09. The van der Waals surface area contributed by atoms with Crippen molar-refractivity contribution >= 4 is 17.6 Å². The van der Waals surface area contributed by atoms with Crippen molar-refractivity contribution in [3.63, 3.8) is 0 Å². The fourth-order valence-corrected chi connectivity index (χ4v) is 2.64. The number of carboxylic acids is 1. The third-order valence-corrected chi connectivity index (χ3v) is 4.02. The second kappa shape index (κ2) is 8.31. The van der Waals surface area contributed by atoms with Gasteiger partial charge in [0.2, 0.25) is 0 Å². The SMILES string of the molecule is CC.Cc1cccc(C(=O)c2cnn(-c3cc(C(=O)O)ccc3C)c2N)c1. The summed E-state index contributed by atoms with van der Waals surface area (Å²) in [6.07, 6.45) is 1.41. The first-order valence-electron chi connectivity index (χ1n) is 8.67. The van der Waals surface area contributed by atoms with Crippen molar-refractivity contribution in [1.29, 1.82) is 0 Å². The molecule has 1 aromatic heterocycles. The number of carbonyl (C=O) groups is 2. The van der Waals surface area contributed by atoms with E-state index in [9.17, 15) is 9.59 Å². The number of nitrogens with zero attached hydrogens (tertiary/aromatic N) is 2. The fraction of sp³-hybridized carbons (Fsp3) is 0.190. The van der Waals surface area contributed by atoms with E-state index >= 15 is 0 Å². The molecule has 1 heterocycles. The van der Waals surface area contributed by atoms with Gasteiger partial charge >= 0.3 is 5.97 Å². The van der Waals surface area contributed by atoms with E-state index in [-0.39, 0.29) is 22.7 Å². The van der Waals surface area contributed by atoms with E-state index in [1.807, 2.05) is 39.8 Å². The zero-order chi connectivity index (χ0) is 20.1. The van der Waals surface area contributed by atoms with Crippen molar-refractivity contribution in [2.75, 3.05) is 5.73 Å². The summed E-state index contributed by atoms with van der Waals surface area (Å²) in [5.41, 5.74) is 9.38. The number of anilines is 1. The van der Waals surface area contributed by atoms with Gasteiger partial charge in [-0.3, -0.25) is 4.79 Å². The number of benzene rings is 2. The van der Waals surface area contributed by atoms with Crippen LogP contribution in [-0.4, -0.2) is 26.6 Å². The molecule has 6 heteroatoms. The third kappa shape index (κ3) is 4.06. The molecule has 27 heavy (non-hydrogen) atoms. The zero-order valence-corrected chi connectivity index (χ0v) is 15.9. The minimum absolute atomic E-state index is 0.127. The van der Waals surface area contributed by atoms with Crippen LogP contribution in [0.2, 0.25) is 0 Å². The average molecular weight is 365 g/mol. The third-order valence-electron chi connectivity index (χ3n) is 4.02. The molecule has 3 aromatic rings.